The van der Waals surface area contributed by atoms with E-state index >= 15 is 0 Å². The van der Waals surface area contributed by atoms with Crippen LogP contribution in [0, 0.1) is 0 Å². The second-order valence-electron chi connectivity index (χ2n) is 5.58. The second-order valence-corrected chi connectivity index (χ2v) is 5.58. The van der Waals surface area contributed by atoms with Crippen molar-refractivity contribution < 1.29 is 9.59 Å². The molecule has 0 spiro atoms. The van der Waals surface area contributed by atoms with Crippen LogP contribution in [0.3, 0.4) is 0 Å². The summed E-state index contributed by atoms with van der Waals surface area (Å²) in [5.41, 5.74) is 1.18. The Morgan fingerprint density at radius 3 is 3.00 bits per heavy atom. The number of aromatic nitrogens is 2. The maximum atomic E-state index is 12.6. The van der Waals surface area contributed by atoms with Gasteiger partial charge in [-0.25, -0.2) is 4.98 Å². The number of unbranched alkanes of at least 4 members (excludes halogenated alkanes) is 2. The largest absolute Gasteiger partial charge is 0.367 e. The predicted octanol–water partition coefficient (Wildman–Crippen LogP) is 2.34. The monoisotopic (exact) mass is 312 g/mol. The average Bonchev–Trinajstić information content (AvgIpc) is 3.01. The molecule has 0 saturated carbocycles. The van der Waals surface area contributed by atoms with E-state index < -0.39 is 6.04 Å². The lowest BCUT2D eigenvalue weighted by molar-refractivity contribution is -0.122. The smallest absolute Gasteiger partial charge is 0.265 e. The van der Waals surface area contributed by atoms with Gasteiger partial charge in [0.2, 0.25) is 5.91 Å². The summed E-state index contributed by atoms with van der Waals surface area (Å²) in [6, 6.07) is 6.51. The summed E-state index contributed by atoms with van der Waals surface area (Å²) in [5.74, 6) is 0.0686. The highest BCUT2D eigenvalue weighted by Crippen LogP contribution is 2.27. The predicted molar refractivity (Wildman–Crippen MR) is 87.3 cm³/mol. The van der Waals surface area contributed by atoms with E-state index in [-0.39, 0.29) is 11.8 Å². The summed E-state index contributed by atoms with van der Waals surface area (Å²) in [6.07, 6.45) is 6.26. The molecule has 120 valence electrons. The molecule has 1 aliphatic rings. The number of rotatable bonds is 5. The van der Waals surface area contributed by atoms with Crippen LogP contribution in [0.15, 0.2) is 36.7 Å². The number of carbonyl (C=O) groups excluding carboxylic acids is 2. The van der Waals surface area contributed by atoms with Crippen LogP contribution in [0.5, 0.6) is 0 Å². The number of hydrogen-bond acceptors (Lipinski definition) is 4. The van der Waals surface area contributed by atoms with E-state index in [0.29, 0.717) is 23.6 Å². The summed E-state index contributed by atoms with van der Waals surface area (Å²) in [7, 11) is 0. The zero-order valence-corrected chi connectivity index (χ0v) is 13.1. The normalized spacial score (nSPS) is 16.0. The Balaban J connectivity index is 1.88. The van der Waals surface area contributed by atoms with Gasteiger partial charge in [-0.2, -0.15) is 0 Å². The van der Waals surface area contributed by atoms with Gasteiger partial charge in [0, 0.05) is 24.6 Å². The van der Waals surface area contributed by atoms with Gasteiger partial charge in [-0.1, -0.05) is 31.9 Å². The van der Waals surface area contributed by atoms with Crippen molar-refractivity contribution in [2.75, 3.05) is 11.9 Å². The lowest BCUT2D eigenvalue weighted by Gasteiger charge is -2.17. The number of benzene rings is 1. The molecule has 1 aromatic carbocycles. The molecule has 0 radical (unpaired) electrons. The molecule has 6 nitrogen and oxygen atoms in total. The van der Waals surface area contributed by atoms with Crippen molar-refractivity contribution in [1.82, 2.24) is 14.9 Å². The van der Waals surface area contributed by atoms with Gasteiger partial charge in [0.25, 0.3) is 5.91 Å². The van der Waals surface area contributed by atoms with Gasteiger partial charge in [-0.3, -0.25) is 14.2 Å². The van der Waals surface area contributed by atoms with Gasteiger partial charge >= 0.3 is 0 Å². The van der Waals surface area contributed by atoms with Gasteiger partial charge in [0.05, 0.1) is 5.56 Å². The van der Waals surface area contributed by atoms with E-state index in [9.17, 15) is 9.59 Å². The van der Waals surface area contributed by atoms with E-state index in [1.54, 1.807) is 30.6 Å². The van der Waals surface area contributed by atoms with Crippen molar-refractivity contribution in [3.8, 4) is 0 Å². The van der Waals surface area contributed by atoms with E-state index in [2.05, 4.69) is 22.5 Å². The van der Waals surface area contributed by atoms with Crippen LogP contribution in [0.1, 0.15) is 48.4 Å². The number of nitrogens with one attached hydrogen (secondary N) is 2. The van der Waals surface area contributed by atoms with Crippen molar-refractivity contribution in [3.05, 3.63) is 48.0 Å². The fourth-order valence-corrected chi connectivity index (χ4v) is 2.72. The molecular weight excluding hydrogens is 292 g/mol. The fraction of sp³-hybridized carbons (Fsp3) is 0.353. The summed E-state index contributed by atoms with van der Waals surface area (Å²) in [6.45, 7) is 2.75. The lowest BCUT2D eigenvalue weighted by Crippen LogP contribution is -2.35. The van der Waals surface area contributed by atoms with Crippen molar-refractivity contribution in [3.63, 3.8) is 0 Å². The quantitative estimate of drug-likeness (QED) is 0.831. The van der Waals surface area contributed by atoms with Crippen LogP contribution in [0.4, 0.5) is 5.69 Å². The summed E-state index contributed by atoms with van der Waals surface area (Å²) < 4.78 is 1.44. The van der Waals surface area contributed by atoms with Crippen LogP contribution in [0.25, 0.3) is 0 Å². The topological polar surface area (TPSA) is 76.0 Å². The second kappa shape index (κ2) is 6.64. The minimum absolute atomic E-state index is 0.168. The van der Waals surface area contributed by atoms with E-state index in [1.165, 1.54) is 4.57 Å². The zero-order valence-electron chi connectivity index (χ0n) is 13.1. The Labute approximate surface area is 134 Å². The fourth-order valence-electron chi connectivity index (χ4n) is 2.72. The van der Waals surface area contributed by atoms with Gasteiger partial charge in [-0.15, -0.1) is 0 Å². The Morgan fingerprint density at radius 2 is 2.17 bits per heavy atom. The molecule has 0 bridgehead atoms. The number of anilines is 1. The van der Waals surface area contributed by atoms with Crippen LogP contribution in [0.2, 0.25) is 0 Å². The zero-order chi connectivity index (χ0) is 16.2. The number of imidazole rings is 1. The van der Waals surface area contributed by atoms with Crippen molar-refractivity contribution >= 4 is 17.5 Å². The third-order valence-corrected chi connectivity index (χ3v) is 3.95. The first-order valence-corrected chi connectivity index (χ1v) is 7.93. The highest BCUT2D eigenvalue weighted by molar-refractivity contribution is 6.03. The lowest BCUT2D eigenvalue weighted by atomic mass is 10.1. The molecule has 2 aromatic rings. The number of amides is 1. The van der Waals surface area contributed by atoms with Gasteiger partial charge in [0.1, 0.15) is 5.82 Å². The van der Waals surface area contributed by atoms with Crippen molar-refractivity contribution in [1.29, 1.82) is 0 Å². The van der Waals surface area contributed by atoms with Gasteiger partial charge in [-0.05, 0) is 18.6 Å². The standard InChI is InChI=1S/C17H20N4O2/c1-2-3-6-9-19-16(22)14-15-18-10-11-21(15)17(23)12-7-4-5-8-13(12)20-14/h4-5,7-8,10-11,14,20H,2-3,6,9H2,1H3,(H,19,22). The Bertz CT molecular complexity index is 723. The molecule has 23 heavy (non-hydrogen) atoms. The highest BCUT2D eigenvalue weighted by atomic mass is 16.2. The molecule has 1 amide bonds. The summed E-state index contributed by atoms with van der Waals surface area (Å²) in [5, 5.41) is 6.08. The van der Waals surface area contributed by atoms with E-state index in [0.717, 1.165) is 19.3 Å². The molecular formula is C17H20N4O2. The number of para-hydroxylation sites is 1. The first-order chi connectivity index (χ1) is 11.2. The molecule has 1 aliphatic heterocycles. The Morgan fingerprint density at radius 1 is 1.35 bits per heavy atom. The number of carbonyl (C=O) groups is 2. The SMILES string of the molecule is CCCCCNC(=O)C1Nc2ccccc2C(=O)n2ccnc21. The van der Waals surface area contributed by atoms with Crippen molar-refractivity contribution in [2.24, 2.45) is 0 Å². The molecule has 1 aromatic heterocycles. The molecule has 6 heteroatoms. The minimum Gasteiger partial charge on any atom is -0.367 e. The van der Waals surface area contributed by atoms with Crippen LogP contribution in [-0.2, 0) is 4.79 Å². The van der Waals surface area contributed by atoms with E-state index in [1.807, 2.05) is 6.07 Å². The van der Waals surface area contributed by atoms with Crippen LogP contribution >= 0.6 is 0 Å². The molecule has 2 N–H and O–H groups in total. The van der Waals surface area contributed by atoms with Gasteiger partial charge < -0.3 is 10.6 Å². The molecule has 2 heterocycles. The molecule has 3 rings (SSSR count). The highest BCUT2D eigenvalue weighted by Gasteiger charge is 2.31. The third kappa shape index (κ3) is 2.97. The minimum atomic E-state index is -0.681. The first-order valence-electron chi connectivity index (χ1n) is 7.93. The van der Waals surface area contributed by atoms with E-state index in [4.69, 9.17) is 0 Å². The average molecular weight is 312 g/mol. The molecule has 0 aliphatic carbocycles. The van der Waals surface area contributed by atoms with Gasteiger partial charge in [0.15, 0.2) is 6.04 Å². The van der Waals surface area contributed by atoms with Crippen LogP contribution in [-0.4, -0.2) is 27.9 Å². The molecule has 0 fully saturated rings. The molecule has 0 saturated heterocycles. The summed E-state index contributed by atoms with van der Waals surface area (Å²) in [4.78, 5) is 29.4. The molecule has 1 atom stereocenters. The maximum Gasteiger partial charge on any atom is 0.265 e. The third-order valence-electron chi connectivity index (χ3n) is 3.95. The van der Waals surface area contributed by atoms with Crippen molar-refractivity contribution in [2.45, 2.75) is 32.2 Å². The number of nitrogens with zero attached hydrogens (tertiary/aromatic N) is 2. The first kappa shape index (κ1) is 15.3. The number of fused-ring (bicyclic) bond motifs is 2. The Kier molecular flexibility index (Phi) is 4.41. The summed E-state index contributed by atoms with van der Waals surface area (Å²) >= 11 is 0. The number of hydrogen-bond donors (Lipinski definition) is 2. The molecule has 1 unspecified atom stereocenters. The van der Waals surface area contributed by atoms with Crippen LogP contribution < -0.4 is 10.6 Å². The maximum absolute atomic E-state index is 12.6. The Hall–Kier alpha value is -2.63.